The molecule has 0 radical (unpaired) electrons. The van der Waals surface area contributed by atoms with Crippen molar-refractivity contribution in [2.45, 2.75) is 19.6 Å². The lowest BCUT2D eigenvalue weighted by Crippen LogP contribution is -2.35. The topological polar surface area (TPSA) is 18.5 Å². The largest absolute Gasteiger partial charge is 0.345 e. The molecule has 0 atom stereocenters. The van der Waals surface area contributed by atoms with Gasteiger partial charge in [0.25, 0.3) is 0 Å². The van der Waals surface area contributed by atoms with E-state index in [-0.39, 0.29) is 0 Å². The Kier molecular flexibility index (Phi) is 5.09. The molecule has 0 bridgehead atoms. The first-order chi connectivity index (χ1) is 7.29. The zero-order valence-corrected chi connectivity index (χ0v) is 9.96. The van der Waals surface area contributed by atoms with E-state index in [0.717, 1.165) is 5.56 Å². The van der Waals surface area contributed by atoms with Crippen LogP contribution in [0.2, 0.25) is 0 Å². The van der Waals surface area contributed by atoms with Gasteiger partial charge in [-0.1, -0.05) is 30.3 Å². The minimum Gasteiger partial charge on any atom is -0.345 e. The third-order valence-corrected chi connectivity index (χ3v) is 2.50. The van der Waals surface area contributed by atoms with E-state index in [2.05, 4.69) is 0 Å². The molecule has 0 aliphatic rings. The Morgan fingerprint density at radius 1 is 1.07 bits per heavy atom. The summed E-state index contributed by atoms with van der Waals surface area (Å²) in [7, 11) is 0. The highest BCUT2D eigenvalue weighted by Crippen LogP contribution is 2.28. The second-order valence-electron chi connectivity index (χ2n) is 3.12. The summed E-state index contributed by atoms with van der Waals surface area (Å²) in [6, 6.07) is 9.80. The average molecular weight is 229 g/mol. The van der Waals surface area contributed by atoms with Crippen LogP contribution in [0.1, 0.15) is 19.4 Å². The molecular weight excluding hydrogens is 212 g/mol. The molecule has 0 aromatic heterocycles. The number of rotatable bonds is 6. The van der Waals surface area contributed by atoms with Gasteiger partial charge in [-0.05, 0) is 13.8 Å². The van der Waals surface area contributed by atoms with Gasteiger partial charge in [-0.25, -0.2) is 0 Å². The normalized spacial score (nSPS) is 11.7. The van der Waals surface area contributed by atoms with Crippen LogP contribution >= 0.6 is 11.6 Å². The highest BCUT2D eigenvalue weighted by atomic mass is 35.5. The molecule has 0 heterocycles. The molecule has 0 saturated heterocycles. The van der Waals surface area contributed by atoms with Gasteiger partial charge in [-0.3, -0.25) is 0 Å². The van der Waals surface area contributed by atoms with Crippen molar-refractivity contribution in [2.75, 3.05) is 19.1 Å². The number of hydrogen-bond donors (Lipinski definition) is 0. The molecule has 1 aromatic rings. The van der Waals surface area contributed by atoms with E-state index in [9.17, 15) is 0 Å². The van der Waals surface area contributed by atoms with E-state index in [1.54, 1.807) is 0 Å². The fourth-order valence-corrected chi connectivity index (χ4v) is 1.83. The number of benzene rings is 1. The summed E-state index contributed by atoms with van der Waals surface area (Å²) in [5.74, 6) is -0.509. The first-order valence-electron chi connectivity index (χ1n) is 5.18. The molecule has 84 valence electrons. The molecule has 0 spiro atoms. The van der Waals surface area contributed by atoms with E-state index in [1.165, 1.54) is 0 Å². The summed E-state index contributed by atoms with van der Waals surface area (Å²) in [6.45, 7) is 5.01. The molecule has 0 amide bonds. The van der Waals surface area contributed by atoms with E-state index in [4.69, 9.17) is 21.1 Å². The van der Waals surface area contributed by atoms with Crippen molar-refractivity contribution in [1.29, 1.82) is 0 Å². The Labute approximate surface area is 96.2 Å². The van der Waals surface area contributed by atoms with Crippen molar-refractivity contribution in [3.05, 3.63) is 35.9 Å². The van der Waals surface area contributed by atoms with E-state index in [1.807, 2.05) is 44.2 Å². The maximum Gasteiger partial charge on any atom is 0.208 e. The Balaban J connectivity index is 2.97. The van der Waals surface area contributed by atoms with Crippen LogP contribution in [-0.2, 0) is 15.3 Å². The third-order valence-electron chi connectivity index (χ3n) is 2.14. The Bertz CT molecular complexity index is 268. The summed E-state index contributed by atoms with van der Waals surface area (Å²) < 4.78 is 11.3. The second-order valence-corrected chi connectivity index (χ2v) is 3.39. The average Bonchev–Trinajstić information content (AvgIpc) is 2.30. The van der Waals surface area contributed by atoms with Crippen molar-refractivity contribution in [3.8, 4) is 0 Å². The lowest BCUT2D eigenvalue weighted by atomic mass is 10.1. The highest BCUT2D eigenvalue weighted by Gasteiger charge is 2.32. The van der Waals surface area contributed by atoms with Crippen LogP contribution in [0.5, 0.6) is 0 Å². The molecule has 3 heteroatoms. The number of hydrogen-bond acceptors (Lipinski definition) is 2. The van der Waals surface area contributed by atoms with Gasteiger partial charge in [0.15, 0.2) is 0 Å². The van der Waals surface area contributed by atoms with Gasteiger partial charge in [0.1, 0.15) is 0 Å². The SMILES string of the molecule is CCOC(CCl)(OCC)c1ccccc1. The van der Waals surface area contributed by atoms with Crippen LogP contribution in [-0.4, -0.2) is 19.1 Å². The van der Waals surface area contributed by atoms with Crippen LogP contribution in [0.3, 0.4) is 0 Å². The molecule has 15 heavy (non-hydrogen) atoms. The van der Waals surface area contributed by atoms with Gasteiger partial charge in [0.05, 0.1) is 5.88 Å². The minimum atomic E-state index is -0.799. The quantitative estimate of drug-likeness (QED) is 0.550. The van der Waals surface area contributed by atoms with Crippen LogP contribution in [0.4, 0.5) is 0 Å². The zero-order chi connectivity index (χ0) is 11.1. The van der Waals surface area contributed by atoms with Gasteiger partial charge in [0, 0.05) is 18.8 Å². The zero-order valence-electron chi connectivity index (χ0n) is 9.20. The molecule has 0 aliphatic heterocycles. The minimum absolute atomic E-state index is 0.290. The maximum absolute atomic E-state index is 5.97. The maximum atomic E-state index is 5.97. The molecule has 0 fully saturated rings. The van der Waals surface area contributed by atoms with Crippen molar-refractivity contribution in [1.82, 2.24) is 0 Å². The molecule has 0 saturated carbocycles. The predicted molar refractivity (Wildman–Crippen MR) is 62.1 cm³/mol. The first-order valence-corrected chi connectivity index (χ1v) is 5.72. The first kappa shape index (κ1) is 12.5. The van der Waals surface area contributed by atoms with Crippen LogP contribution < -0.4 is 0 Å². The van der Waals surface area contributed by atoms with Crippen molar-refractivity contribution in [3.63, 3.8) is 0 Å². The van der Waals surface area contributed by atoms with Crippen molar-refractivity contribution >= 4 is 11.6 Å². The van der Waals surface area contributed by atoms with Gasteiger partial charge in [0.2, 0.25) is 5.79 Å². The predicted octanol–water partition coefficient (Wildman–Crippen LogP) is 3.15. The van der Waals surface area contributed by atoms with Crippen LogP contribution in [0, 0.1) is 0 Å². The monoisotopic (exact) mass is 228 g/mol. The standard InChI is InChI=1S/C12H17ClO2/c1-3-14-12(10-13,15-4-2)11-8-6-5-7-9-11/h5-9H,3-4,10H2,1-2H3. The molecule has 0 aliphatic carbocycles. The summed E-state index contributed by atoms with van der Waals surface area (Å²) in [4.78, 5) is 0. The molecule has 2 nitrogen and oxygen atoms in total. The lowest BCUT2D eigenvalue weighted by Gasteiger charge is -2.31. The van der Waals surface area contributed by atoms with Gasteiger partial charge >= 0.3 is 0 Å². The fourth-order valence-electron chi connectivity index (χ4n) is 1.52. The molecular formula is C12H17ClO2. The number of halogens is 1. The molecule has 0 N–H and O–H groups in total. The highest BCUT2D eigenvalue weighted by molar-refractivity contribution is 6.18. The number of alkyl halides is 1. The van der Waals surface area contributed by atoms with E-state index >= 15 is 0 Å². The Hall–Kier alpha value is -0.570. The summed E-state index contributed by atoms with van der Waals surface area (Å²) >= 11 is 5.97. The summed E-state index contributed by atoms with van der Waals surface area (Å²) in [6.07, 6.45) is 0. The Morgan fingerprint density at radius 2 is 1.60 bits per heavy atom. The lowest BCUT2D eigenvalue weighted by molar-refractivity contribution is -0.227. The van der Waals surface area contributed by atoms with E-state index in [0.29, 0.717) is 19.1 Å². The molecule has 0 unspecified atom stereocenters. The summed E-state index contributed by atoms with van der Waals surface area (Å²) in [5, 5.41) is 0. The fraction of sp³-hybridized carbons (Fsp3) is 0.500. The van der Waals surface area contributed by atoms with Gasteiger partial charge in [-0.2, -0.15) is 0 Å². The van der Waals surface area contributed by atoms with Gasteiger partial charge in [-0.15, -0.1) is 11.6 Å². The molecule has 1 rings (SSSR count). The third kappa shape index (κ3) is 2.94. The van der Waals surface area contributed by atoms with Crippen molar-refractivity contribution < 1.29 is 9.47 Å². The summed E-state index contributed by atoms with van der Waals surface area (Å²) in [5.41, 5.74) is 0.962. The smallest absolute Gasteiger partial charge is 0.208 e. The van der Waals surface area contributed by atoms with Crippen LogP contribution in [0.15, 0.2) is 30.3 Å². The van der Waals surface area contributed by atoms with Gasteiger partial charge < -0.3 is 9.47 Å². The van der Waals surface area contributed by atoms with E-state index < -0.39 is 5.79 Å². The number of ether oxygens (including phenoxy) is 2. The van der Waals surface area contributed by atoms with Crippen LogP contribution in [0.25, 0.3) is 0 Å². The van der Waals surface area contributed by atoms with Crippen molar-refractivity contribution in [2.24, 2.45) is 0 Å². The molecule has 1 aromatic carbocycles. The second kappa shape index (κ2) is 6.11. The Morgan fingerprint density at radius 3 is 2.00 bits per heavy atom.